The lowest BCUT2D eigenvalue weighted by atomic mass is 10.0. The van der Waals surface area contributed by atoms with Gasteiger partial charge in [0.05, 0.1) is 16.6 Å². The number of nitrogens with two attached hydrogens (primary N) is 1. The highest BCUT2D eigenvalue weighted by molar-refractivity contribution is 7.14. The average Bonchev–Trinajstić information content (AvgIpc) is 3.09. The largest absolute Gasteiger partial charge is 0.324 e. The molecule has 0 spiro atoms. The van der Waals surface area contributed by atoms with Crippen molar-refractivity contribution < 1.29 is 9.59 Å². The number of aryl methyl sites for hydroxylation is 1. The average molecular weight is 412 g/mol. The molecule has 0 saturated heterocycles. The molecule has 4 rings (SSSR count). The fraction of sp³-hybridized carbons (Fsp3) is 0.143. The molecular formula is C21H18ClN3O2S. The Balaban J connectivity index is 1.56. The van der Waals surface area contributed by atoms with Crippen LogP contribution in [0.2, 0.25) is 5.02 Å². The third kappa shape index (κ3) is 3.80. The normalized spacial score (nSPS) is 16.1. The molecule has 2 amide bonds. The number of carbonyl (C=O) groups excluding carboxylic acids is 2. The number of thiophene rings is 1. The number of anilines is 2. The van der Waals surface area contributed by atoms with Gasteiger partial charge in [0.1, 0.15) is 0 Å². The molecule has 0 saturated carbocycles. The molecular weight excluding hydrogens is 394 g/mol. The summed E-state index contributed by atoms with van der Waals surface area (Å²) >= 11 is 7.52. The van der Waals surface area contributed by atoms with E-state index < -0.39 is 6.04 Å². The van der Waals surface area contributed by atoms with Crippen molar-refractivity contribution in [3.63, 3.8) is 0 Å². The Morgan fingerprint density at radius 1 is 1.18 bits per heavy atom. The molecule has 0 fully saturated rings. The van der Waals surface area contributed by atoms with Gasteiger partial charge in [-0.3, -0.25) is 9.59 Å². The lowest BCUT2D eigenvalue weighted by molar-refractivity contribution is -0.117. The van der Waals surface area contributed by atoms with E-state index >= 15 is 0 Å². The Bertz CT molecular complexity index is 1050. The topological polar surface area (TPSA) is 84.2 Å². The molecule has 3 aromatic rings. The molecule has 2 aromatic carbocycles. The number of nitrogens with one attached hydrogen (secondary N) is 2. The molecule has 1 unspecified atom stereocenters. The maximum absolute atomic E-state index is 12.8. The molecule has 142 valence electrons. The van der Waals surface area contributed by atoms with Crippen molar-refractivity contribution in [2.75, 3.05) is 10.6 Å². The smallest absolute Gasteiger partial charge is 0.255 e. The number of rotatable bonds is 3. The standard InChI is InChI=1S/C21H18ClN3O2S/c22-15-5-1-12(2-6-15)19-18(9-10-28-19)25-20(26)14-4-8-17-13(11-14)3-7-16(23)21(27)24-17/h1-2,4-6,8-11,16H,3,7,23H2,(H,24,27)(H,25,26). The van der Waals surface area contributed by atoms with Crippen molar-refractivity contribution >= 4 is 46.1 Å². The van der Waals surface area contributed by atoms with Gasteiger partial charge in [0.15, 0.2) is 0 Å². The van der Waals surface area contributed by atoms with Gasteiger partial charge in [-0.15, -0.1) is 11.3 Å². The predicted octanol–water partition coefficient (Wildman–Crippen LogP) is 4.53. The van der Waals surface area contributed by atoms with E-state index in [1.807, 2.05) is 41.8 Å². The minimum atomic E-state index is -0.530. The molecule has 7 heteroatoms. The van der Waals surface area contributed by atoms with Crippen LogP contribution in [0.4, 0.5) is 11.4 Å². The summed E-state index contributed by atoms with van der Waals surface area (Å²) in [4.78, 5) is 25.7. The third-order valence-corrected chi connectivity index (χ3v) is 5.92. The maximum atomic E-state index is 12.8. The van der Waals surface area contributed by atoms with Gasteiger partial charge in [-0.25, -0.2) is 0 Å². The van der Waals surface area contributed by atoms with Gasteiger partial charge in [-0.1, -0.05) is 23.7 Å². The molecule has 0 radical (unpaired) electrons. The van der Waals surface area contributed by atoms with Crippen LogP contribution in [0.5, 0.6) is 0 Å². The van der Waals surface area contributed by atoms with Gasteiger partial charge in [-0.2, -0.15) is 0 Å². The number of halogens is 1. The lowest BCUT2D eigenvalue weighted by Crippen LogP contribution is -2.34. The first-order chi connectivity index (χ1) is 13.5. The van der Waals surface area contributed by atoms with E-state index in [4.69, 9.17) is 17.3 Å². The summed E-state index contributed by atoms with van der Waals surface area (Å²) in [5, 5.41) is 8.41. The van der Waals surface area contributed by atoms with E-state index in [-0.39, 0.29) is 11.8 Å². The molecule has 1 aliphatic rings. The van der Waals surface area contributed by atoms with Crippen molar-refractivity contribution in [3.8, 4) is 10.4 Å². The lowest BCUT2D eigenvalue weighted by Gasteiger charge is -2.11. The number of carbonyl (C=O) groups is 2. The van der Waals surface area contributed by atoms with Crippen LogP contribution in [0, 0.1) is 0 Å². The quantitative estimate of drug-likeness (QED) is 0.591. The van der Waals surface area contributed by atoms with Crippen LogP contribution in [-0.2, 0) is 11.2 Å². The van der Waals surface area contributed by atoms with Crippen LogP contribution >= 0.6 is 22.9 Å². The number of benzene rings is 2. The second-order valence-corrected chi connectivity index (χ2v) is 7.98. The third-order valence-electron chi connectivity index (χ3n) is 4.71. The number of hydrogen-bond acceptors (Lipinski definition) is 4. The van der Waals surface area contributed by atoms with E-state index in [0.717, 1.165) is 21.7 Å². The van der Waals surface area contributed by atoms with Crippen LogP contribution in [-0.4, -0.2) is 17.9 Å². The second kappa shape index (κ2) is 7.75. The predicted molar refractivity (Wildman–Crippen MR) is 114 cm³/mol. The van der Waals surface area contributed by atoms with Gasteiger partial charge in [0.2, 0.25) is 5.91 Å². The van der Waals surface area contributed by atoms with Gasteiger partial charge in [-0.05, 0) is 65.7 Å². The Morgan fingerprint density at radius 3 is 2.75 bits per heavy atom. The van der Waals surface area contributed by atoms with Gasteiger partial charge in [0, 0.05) is 16.3 Å². The fourth-order valence-corrected chi connectivity index (χ4v) is 4.14. The zero-order valence-corrected chi connectivity index (χ0v) is 16.4. The Labute approximate surface area is 171 Å². The van der Waals surface area contributed by atoms with E-state index in [1.54, 1.807) is 23.5 Å². The first kappa shape index (κ1) is 18.7. The summed E-state index contributed by atoms with van der Waals surface area (Å²) < 4.78 is 0. The van der Waals surface area contributed by atoms with Crippen LogP contribution in [0.25, 0.3) is 10.4 Å². The molecule has 5 nitrogen and oxygen atoms in total. The molecule has 1 aromatic heterocycles. The summed E-state index contributed by atoms with van der Waals surface area (Å²) in [6.07, 6.45) is 1.19. The highest BCUT2D eigenvalue weighted by Gasteiger charge is 2.21. The molecule has 2 heterocycles. The van der Waals surface area contributed by atoms with Crippen LogP contribution in [0.15, 0.2) is 53.9 Å². The Morgan fingerprint density at radius 2 is 1.96 bits per heavy atom. The van der Waals surface area contributed by atoms with Gasteiger partial charge in [0.25, 0.3) is 5.91 Å². The molecule has 0 aliphatic carbocycles. The summed E-state index contributed by atoms with van der Waals surface area (Å²) in [7, 11) is 0. The van der Waals surface area contributed by atoms with Gasteiger partial charge >= 0.3 is 0 Å². The SMILES string of the molecule is NC1CCc2cc(C(=O)Nc3ccsc3-c3ccc(Cl)cc3)ccc2NC1=O. The Hall–Kier alpha value is -2.67. The minimum absolute atomic E-state index is 0.193. The maximum Gasteiger partial charge on any atom is 0.255 e. The van der Waals surface area contributed by atoms with E-state index in [2.05, 4.69) is 10.6 Å². The van der Waals surface area contributed by atoms with Crippen molar-refractivity contribution in [2.45, 2.75) is 18.9 Å². The summed E-state index contributed by atoms with van der Waals surface area (Å²) in [6, 6.07) is 14.1. The summed E-state index contributed by atoms with van der Waals surface area (Å²) in [6.45, 7) is 0. The monoisotopic (exact) mass is 411 g/mol. The first-order valence-electron chi connectivity index (χ1n) is 8.85. The van der Waals surface area contributed by atoms with E-state index in [0.29, 0.717) is 29.1 Å². The molecule has 1 atom stereocenters. The van der Waals surface area contributed by atoms with E-state index in [9.17, 15) is 9.59 Å². The Kier molecular flexibility index (Phi) is 5.17. The highest BCUT2D eigenvalue weighted by atomic mass is 35.5. The van der Waals surface area contributed by atoms with E-state index in [1.165, 1.54) is 0 Å². The van der Waals surface area contributed by atoms with Crippen molar-refractivity contribution in [1.29, 1.82) is 0 Å². The molecule has 4 N–H and O–H groups in total. The molecule has 0 bridgehead atoms. The van der Waals surface area contributed by atoms with Crippen molar-refractivity contribution in [3.05, 3.63) is 70.1 Å². The number of fused-ring (bicyclic) bond motifs is 1. The first-order valence-corrected chi connectivity index (χ1v) is 10.1. The summed E-state index contributed by atoms with van der Waals surface area (Å²) in [5.74, 6) is -0.391. The molecule has 1 aliphatic heterocycles. The fourth-order valence-electron chi connectivity index (χ4n) is 3.16. The van der Waals surface area contributed by atoms with Crippen LogP contribution in [0.1, 0.15) is 22.3 Å². The van der Waals surface area contributed by atoms with Crippen LogP contribution < -0.4 is 16.4 Å². The second-order valence-electron chi connectivity index (χ2n) is 6.63. The molecule has 28 heavy (non-hydrogen) atoms. The number of hydrogen-bond donors (Lipinski definition) is 3. The minimum Gasteiger partial charge on any atom is -0.324 e. The number of amides is 2. The zero-order chi connectivity index (χ0) is 19.7. The van der Waals surface area contributed by atoms with Crippen molar-refractivity contribution in [2.24, 2.45) is 5.73 Å². The van der Waals surface area contributed by atoms with Gasteiger partial charge < -0.3 is 16.4 Å². The zero-order valence-electron chi connectivity index (χ0n) is 14.9. The summed E-state index contributed by atoms with van der Waals surface area (Å²) in [5.41, 5.74) is 9.74. The van der Waals surface area contributed by atoms with Crippen molar-refractivity contribution in [1.82, 2.24) is 0 Å². The highest BCUT2D eigenvalue weighted by Crippen LogP contribution is 2.34. The van der Waals surface area contributed by atoms with Crippen LogP contribution in [0.3, 0.4) is 0 Å².